The number of halogens is 1. The lowest BCUT2D eigenvalue weighted by Gasteiger charge is -2.13. The zero-order chi connectivity index (χ0) is 9.10. The Bertz CT molecular complexity index is 284. The molecule has 0 saturated carbocycles. The van der Waals surface area contributed by atoms with Gasteiger partial charge in [0.05, 0.1) is 10.7 Å². The predicted molar refractivity (Wildman–Crippen MR) is 60.8 cm³/mol. The molecule has 1 aliphatic rings. The fourth-order valence-corrected chi connectivity index (χ4v) is 2.79. The van der Waals surface area contributed by atoms with Gasteiger partial charge in [0.2, 0.25) is 0 Å². The topological polar surface area (TPSA) is 12.0 Å². The van der Waals surface area contributed by atoms with Gasteiger partial charge in [-0.15, -0.1) is 0 Å². The number of thioether (sulfide) groups is 1. The summed E-state index contributed by atoms with van der Waals surface area (Å²) in [6, 6.07) is 8.52. The van der Waals surface area contributed by atoms with Gasteiger partial charge in [-0.1, -0.05) is 23.7 Å². The van der Waals surface area contributed by atoms with Gasteiger partial charge in [0.15, 0.2) is 0 Å². The van der Waals surface area contributed by atoms with Crippen molar-refractivity contribution in [3.8, 4) is 0 Å². The SMILES string of the molecule is Clc1ccccc1NC1CCSC1. The number of benzene rings is 1. The molecule has 0 radical (unpaired) electrons. The lowest BCUT2D eigenvalue weighted by molar-refractivity contribution is 0.813. The first-order valence-electron chi connectivity index (χ1n) is 4.45. The first-order chi connectivity index (χ1) is 6.36. The van der Waals surface area contributed by atoms with Gasteiger partial charge in [0.1, 0.15) is 0 Å². The summed E-state index contributed by atoms with van der Waals surface area (Å²) in [6.07, 6.45) is 1.25. The van der Waals surface area contributed by atoms with E-state index in [0.717, 1.165) is 10.7 Å². The van der Waals surface area contributed by atoms with Crippen molar-refractivity contribution in [2.24, 2.45) is 0 Å². The molecule has 70 valence electrons. The van der Waals surface area contributed by atoms with E-state index in [0.29, 0.717) is 6.04 Å². The Hall–Kier alpha value is -0.340. The van der Waals surface area contributed by atoms with E-state index < -0.39 is 0 Å². The molecule has 0 amide bonds. The van der Waals surface area contributed by atoms with Crippen molar-refractivity contribution in [2.45, 2.75) is 12.5 Å². The molecule has 1 aromatic carbocycles. The van der Waals surface area contributed by atoms with Crippen LogP contribution in [0.4, 0.5) is 5.69 Å². The molecule has 1 nitrogen and oxygen atoms in total. The summed E-state index contributed by atoms with van der Waals surface area (Å²) in [7, 11) is 0. The van der Waals surface area contributed by atoms with Crippen molar-refractivity contribution >= 4 is 29.1 Å². The van der Waals surface area contributed by atoms with E-state index in [-0.39, 0.29) is 0 Å². The van der Waals surface area contributed by atoms with E-state index in [4.69, 9.17) is 11.6 Å². The standard InChI is InChI=1S/C10H12ClNS/c11-9-3-1-2-4-10(9)12-8-5-6-13-7-8/h1-4,8,12H,5-7H2. The van der Waals surface area contributed by atoms with Crippen LogP contribution in [0.2, 0.25) is 5.02 Å². The van der Waals surface area contributed by atoms with Crippen molar-refractivity contribution in [3.63, 3.8) is 0 Å². The summed E-state index contributed by atoms with van der Waals surface area (Å²) in [4.78, 5) is 0. The van der Waals surface area contributed by atoms with Crippen LogP contribution in [0.25, 0.3) is 0 Å². The van der Waals surface area contributed by atoms with Gasteiger partial charge in [-0.2, -0.15) is 11.8 Å². The van der Waals surface area contributed by atoms with Crippen LogP contribution in [0.5, 0.6) is 0 Å². The molecule has 0 bridgehead atoms. The average Bonchev–Trinajstić information content (AvgIpc) is 2.61. The van der Waals surface area contributed by atoms with Crippen LogP contribution in [0, 0.1) is 0 Å². The van der Waals surface area contributed by atoms with E-state index in [1.165, 1.54) is 17.9 Å². The maximum absolute atomic E-state index is 6.03. The predicted octanol–water partition coefficient (Wildman–Crippen LogP) is 3.26. The molecular weight excluding hydrogens is 202 g/mol. The third-order valence-electron chi connectivity index (χ3n) is 2.16. The molecule has 1 saturated heterocycles. The minimum Gasteiger partial charge on any atom is -0.380 e. The van der Waals surface area contributed by atoms with Gasteiger partial charge < -0.3 is 5.32 Å². The summed E-state index contributed by atoms with van der Waals surface area (Å²) in [6.45, 7) is 0. The number of rotatable bonds is 2. The number of hydrogen-bond acceptors (Lipinski definition) is 2. The van der Waals surface area contributed by atoms with Crippen molar-refractivity contribution in [1.29, 1.82) is 0 Å². The minimum absolute atomic E-state index is 0.602. The highest BCUT2D eigenvalue weighted by Crippen LogP contribution is 2.25. The maximum Gasteiger partial charge on any atom is 0.0637 e. The molecule has 1 heterocycles. The van der Waals surface area contributed by atoms with E-state index in [9.17, 15) is 0 Å². The highest BCUT2D eigenvalue weighted by molar-refractivity contribution is 7.99. The summed E-state index contributed by atoms with van der Waals surface area (Å²) < 4.78 is 0. The molecule has 0 aromatic heterocycles. The molecule has 1 aliphatic heterocycles. The van der Waals surface area contributed by atoms with Crippen molar-refractivity contribution in [1.82, 2.24) is 0 Å². The third kappa shape index (κ3) is 2.32. The van der Waals surface area contributed by atoms with Crippen molar-refractivity contribution in [2.75, 3.05) is 16.8 Å². The fraction of sp³-hybridized carbons (Fsp3) is 0.400. The second-order valence-corrected chi connectivity index (χ2v) is 4.74. The largest absolute Gasteiger partial charge is 0.380 e. The minimum atomic E-state index is 0.602. The van der Waals surface area contributed by atoms with Crippen LogP contribution in [-0.4, -0.2) is 17.5 Å². The van der Waals surface area contributed by atoms with E-state index in [2.05, 4.69) is 5.32 Å². The van der Waals surface area contributed by atoms with Crippen LogP contribution in [-0.2, 0) is 0 Å². The normalized spacial score (nSPS) is 21.8. The van der Waals surface area contributed by atoms with Gasteiger partial charge in [0, 0.05) is 11.8 Å². The second kappa shape index (κ2) is 4.25. The van der Waals surface area contributed by atoms with Crippen LogP contribution in [0.3, 0.4) is 0 Å². The van der Waals surface area contributed by atoms with Crippen molar-refractivity contribution in [3.05, 3.63) is 29.3 Å². The number of hydrogen-bond donors (Lipinski definition) is 1. The molecule has 1 atom stereocenters. The zero-order valence-corrected chi connectivity index (χ0v) is 8.87. The summed E-state index contributed by atoms with van der Waals surface area (Å²) in [5.41, 5.74) is 1.07. The van der Waals surface area contributed by atoms with Crippen LogP contribution < -0.4 is 5.32 Å². The van der Waals surface area contributed by atoms with Gasteiger partial charge in [-0.3, -0.25) is 0 Å². The first kappa shape index (κ1) is 9.22. The Morgan fingerprint density at radius 3 is 2.92 bits per heavy atom. The lowest BCUT2D eigenvalue weighted by atomic mass is 10.2. The van der Waals surface area contributed by atoms with Gasteiger partial charge in [-0.25, -0.2) is 0 Å². The Kier molecular flexibility index (Phi) is 3.01. The smallest absolute Gasteiger partial charge is 0.0637 e. The third-order valence-corrected chi connectivity index (χ3v) is 3.66. The van der Waals surface area contributed by atoms with E-state index >= 15 is 0 Å². The molecule has 3 heteroatoms. The lowest BCUT2D eigenvalue weighted by Crippen LogP contribution is -2.18. The monoisotopic (exact) mass is 213 g/mol. The van der Waals surface area contributed by atoms with Gasteiger partial charge >= 0.3 is 0 Å². The van der Waals surface area contributed by atoms with E-state index in [1.54, 1.807) is 0 Å². The molecule has 1 fully saturated rings. The van der Waals surface area contributed by atoms with Crippen molar-refractivity contribution < 1.29 is 0 Å². The maximum atomic E-state index is 6.03. The molecule has 0 aliphatic carbocycles. The number of anilines is 1. The number of para-hydroxylation sites is 1. The second-order valence-electron chi connectivity index (χ2n) is 3.18. The highest BCUT2D eigenvalue weighted by atomic mass is 35.5. The van der Waals surface area contributed by atoms with Crippen LogP contribution in [0.15, 0.2) is 24.3 Å². The van der Waals surface area contributed by atoms with E-state index in [1.807, 2.05) is 36.0 Å². The molecule has 1 N–H and O–H groups in total. The zero-order valence-electron chi connectivity index (χ0n) is 7.29. The highest BCUT2D eigenvalue weighted by Gasteiger charge is 2.15. The molecular formula is C10H12ClNS. The summed E-state index contributed by atoms with van der Waals surface area (Å²) in [5.74, 6) is 2.47. The summed E-state index contributed by atoms with van der Waals surface area (Å²) >= 11 is 8.04. The molecule has 13 heavy (non-hydrogen) atoms. The summed E-state index contributed by atoms with van der Waals surface area (Å²) in [5, 5.41) is 4.28. The molecule has 1 aromatic rings. The number of nitrogens with one attached hydrogen (secondary N) is 1. The average molecular weight is 214 g/mol. The Morgan fingerprint density at radius 2 is 2.23 bits per heavy atom. The van der Waals surface area contributed by atoms with Gasteiger partial charge in [0.25, 0.3) is 0 Å². The van der Waals surface area contributed by atoms with Gasteiger partial charge in [-0.05, 0) is 24.3 Å². The van der Waals surface area contributed by atoms with Crippen LogP contribution >= 0.6 is 23.4 Å². The Morgan fingerprint density at radius 1 is 1.38 bits per heavy atom. The first-order valence-corrected chi connectivity index (χ1v) is 5.98. The van der Waals surface area contributed by atoms with Crippen LogP contribution in [0.1, 0.15) is 6.42 Å². The fourth-order valence-electron chi connectivity index (χ4n) is 1.45. The molecule has 1 unspecified atom stereocenters. The Labute approximate surface area is 87.9 Å². The Balaban J connectivity index is 2.04. The molecule has 0 spiro atoms. The quantitative estimate of drug-likeness (QED) is 0.810. The molecule has 2 rings (SSSR count).